The van der Waals surface area contributed by atoms with Crippen LogP contribution in [0.3, 0.4) is 0 Å². The maximum atomic E-state index is 11.2. The first-order valence-corrected chi connectivity index (χ1v) is 6.42. The second kappa shape index (κ2) is 6.15. The average molecular weight is 266 g/mol. The summed E-state index contributed by atoms with van der Waals surface area (Å²) in [6.45, 7) is 1.64. The summed E-state index contributed by atoms with van der Waals surface area (Å²) in [5.74, 6) is -0.407. The minimum atomic E-state index is -0.407. The van der Waals surface area contributed by atoms with Gasteiger partial charge in [0.25, 0.3) is 0 Å². The Balaban J connectivity index is 1.73. The normalized spacial score (nSPS) is 10.3. The van der Waals surface area contributed by atoms with E-state index in [1.807, 2.05) is 16.9 Å². The van der Waals surface area contributed by atoms with Crippen LogP contribution in [0, 0.1) is 0 Å². The van der Waals surface area contributed by atoms with E-state index in [1.165, 1.54) is 18.4 Å². The predicted octanol–water partition coefficient (Wildman–Crippen LogP) is 1.63. The zero-order valence-electron chi connectivity index (χ0n) is 10.00. The Morgan fingerprint density at radius 2 is 2.50 bits per heavy atom. The van der Waals surface area contributed by atoms with Crippen molar-refractivity contribution in [2.75, 3.05) is 19.0 Å². The summed E-state index contributed by atoms with van der Waals surface area (Å²) in [4.78, 5) is 15.3. The van der Waals surface area contributed by atoms with E-state index < -0.39 is 5.97 Å². The number of esters is 1. The smallest absolute Gasteiger partial charge is 0.357 e. The number of carbonyl (C=O) groups excluding carboxylic acids is 1. The molecule has 0 spiro atoms. The molecule has 0 fully saturated rings. The highest BCUT2D eigenvalue weighted by Gasteiger charge is 2.09. The molecular weight excluding hydrogens is 252 g/mol. The highest BCUT2D eigenvalue weighted by molar-refractivity contribution is 7.13. The van der Waals surface area contributed by atoms with E-state index in [1.54, 1.807) is 11.6 Å². The second-order valence-corrected chi connectivity index (χ2v) is 4.44. The molecule has 96 valence electrons. The van der Waals surface area contributed by atoms with E-state index in [0.29, 0.717) is 5.69 Å². The van der Waals surface area contributed by atoms with Crippen LogP contribution < -0.4 is 5.32 Å². The summed E-state index contributed by atoms with van der Waals surface area (Å²) < 4.78 is 6.47. The first-order valence-electron chi connectivity index (χ1n) is 5.55. The number of thiazole rings is 1. The molecule has 0 saturated carbocycles. The third-order valence-electron chi connectivity index (χ3n) is 2.30. The topological polar surface area (TPSA) is 69.0 Å². The van der Waals surface area contributed by atoms with Gasteiger partial charge < -0.3 is 10.1 Å². The predicted molar refractivity (Wildman–Crippen MR) is 68.8 cm³/mol. The van der Waals surface area contributed by atoms with Gasteiger partial charge in [-0.2, -0.15) is 5.10 Å². The number of methoxy groups -OCH3 is 1. The maximum absolute atomic E-state index is 11.2. The van der Waals surface area contributed by atoms with E-state index in [0.717, 1.165) is 24.6 Å². The number of nitrogens with one attached hydrogen (secondary N) is 1. The molecule has 0 atom stereocenters. The Kier molecular flexibility index (Phi) is 4.30. The van der Waals surface area contributed by atoms with Crippen molar-refractivity contribution < 1.29 is 9.53 Å². The molecule has 0 radical (unpaired) electrons. The summed E-state index contributed by atoms with van der Waals surface area (Å²) in [5, 5.41) is 9.69. The standard InChI is InChI=1S/C11H14N4O2S/c1-17-10(16)9-8-18-11(14-9)12-4-2-6-15-7-3-5-13-15/h3,5,7-8H,2,4,6H2,1H3,(H,12,14). The van der Waals surface area contributed by atoms with Crippen LogP contribution in [0.4, 0.5) is 5.13 Å². The summed E-state index contributed by atoms with van der Waals surface area (Å²) in [5.41, 5.74) is 0.345. The van der Waals surface area contributed by atoms with Crippen molar-refractivity contribution in [2.24, 2.45) is 0 Å². The van der Waals surface area contributed by atoms with Crippen LogP contribution in [-0.4, -0.2) is 34.4 Å². The Hall–Kier alpha value is -1.89. The lowest BCUT2D eigenvalue weighted by Crippen LogP contribution is -2.07. The van der Waals surface area contributed by atoms with Crippen molar-refractivity contribution in [3.05, 3.63) is 29.5 Å². The van der Waals surface area contributed by atoms with Crippen LogP contribution in [0.5, 0.6) is 0 Å². The van der Waals surface area contributed by atoms with Crippen molar-refractivity contribution in [1.29, 1.82) is 0 Å². The monoisotopic (exact) mass is 266 g/mol. The highest BCUT2D eigenvalue weighted by Crippen LogP contribution is 2.15. The fourth-order valence-corrected chi connectivity index (χ4v) is 2.13. The van der Waals surface area contributed by atoms with Gasteiger partial charge in [0.1, 0.15) is 0 Å². The van der Waals surface area contributed by atoms with E-state index in [4.69, 9.17) is 0 Å². The molecule has 0 aliphatic rings. The maximum Gasteiger partial charge on any atom is 0.357 e. The quantitative estimate of drug-likeness (QED) is 0.635. The van der Waals surface area contributed by atoms with Crippen LogP contribution in [-0.2, 0) is 11.3 Å². The molecule has 0 aromatic carbocycles. The Labute approximate surface area is 109 Å². The zero-order chi connectivity index (χ0) is 12.8. The molecule has 6 nitrogen and oxygen atoms in total. The lowest BCUT2D eigenvalue weighted by atomic mass is 10.4. The molecule has 18 heavy (non-hydrogen) atoms. The molecule has 0 bridgehead atoms. The average Bonchev–Trinajstić information content (AvgIpc) is 3.05. The molecule has 0 amide bonds. The molecule has 1 N–H and O–H groups in total. The number of rotatable bonds is 6. The molecule has 0 unspecified atom stereocenters. The van der Waals surface area contributed by atoms with Crippen molar-refractivity contribution in [3.63, 3.8) is 0 Å². The second-order valence-electron chi connectivity index (χ2n) is 3.58. The van der Waals surface area contributed by atoms with Crippen molar-refractivity contribution in [1.82, 2.24) is 14.8 Å². The van der Waals surface area contributed by atoms with Crippen molar-refractivity contribution in [2.45, 2.75) is 13.0 Å². The number of carbonyl (C=O) groups is 1. The van der Waals surface area contributed by atoms with Gasteiger partial charge >= 0.3 is 5.97 Å². The van der Waals surface area contributed by atoms with Gasteiger partial charge in [-0.25, -0.2) is 9.78 Å². The zero-order valence-corrected chi connectivity index (χ0v) is 10.8. The first kappa shape index (κ1) is 12.6. The third kappa shape index (κ3) is 3.30. The number of hydrogen-bond donors (Lipinski definition) is 1. The summed E-state index contributed by atoms with van der Waals surface area (Å²) in [6, 6.07) is 1.90. The summed E-state index contributed by atoms with van der Waals surface area (Å²) in [6.07, 6.45) is 4.63. The molecule has 0 saturated heterocycles. The first-order chi connectivity index (χ1) is 8.79. The lowest BCUT2D eigenvalue weighted by Gasteiger charge is -2.02. The van der Waals surface area contributed by atoms with Gasteiger partial charge in [0.05, 0.1) is 7.11 Å². The number of hydrogen-bond acceptors (Lipinski definition) is 6. The van der Waals surface area contributed by atoms with Gasteiger partial charge in [-0.3, -0.25) is 4.68 Å². The van der Waals surface area contributed by atoms with Crippen LogP contribution in [0.2, 0.25) is 0 Å². The Morgan fingerprint density at radius 3 is 3.22 bits per heavy atom. The van der Waals surface area contributed by atoms with Crippen LogP contribution in [0.1, 0.15) is 16.9 Å². The molecule has 2 heterocycles. The summed E-state index contributed by atoms with van der Waals surface area (Å²) >= 11 is 1.40. The van der Waals surface area contributed by atoms with Gasteiger partial charge in [-0.15, -0.1) is 11.3 Å². The largest absolute Gasteiger partial charge is 0.464 e. The van der Waals surface area contributed by atoms with Gasteiger partial charge in [-0.05, 0) is 12.5 Å². The van der Waals surface area contributed by atoms with Crippen LogP contribution in [0.15, 0.2) is 23.8 Å². The fourth-order valence-electron chi connectivity index (χ4n) is 1.42. The van der Waals surface area contributed by atoms with E-state index in [-0.39, 0.29) is 0 Å². The number of aromatic nitrogens is 3. The van der Waals surface area contributed by atoms with Gasteiger partial charge in [0.15, 0.2) is 10.8 Å². The summed E-state index contributed by atoms with van der Waals surface area (Å²) in [7, 11) is 1.35. The van der Waals surface area contributed by atoms with Gasteiger partial charge in [0, 0.05) is 30.9 Å². The fraction of sp³-hybridized carbons (Fsp3) is 0.364. The van der Waals surface area contributed by atoms with Crippen LogP contribution in [0.25, 0.3) is 0 Å². The minimum Gasteiger partial charge on any atom is -0.464 e. The number of ether oxygens (including phenoxy) is 1. The van der Waals surface area contributed by atoms with Crippen molar-refractivity contribution >= 4 is 22.4 Å². The minimum absolute atomic E-state index is 0.345. The van der Waals surface area contributed by atoms with Crippen LogP contribution >= 0.6 is 11.3 Å². The Morgan fingerprint density at radius 1 is 1.61 bits per heavy atom. The lowest BCUT2D eigenvalue weighted by molar-refractivity contribution is 0.0595. The SMILES string of the molecule is COC(=O)c1csc(NCCCn2cccn2)n1. The molecule has 2 aromatic heterocycles. The van der Waals surface area contributed by atoms with E-state index in [2.05, 4.69) is 20.1 Å². The highest BCUT2D eigenvalue weighted by atomic mass is 32.1. The molecule has 2 rings (SSSR count). The van der Waals surface area contributed by atoms with E-state index in [9.17, 15) is 4.79 Å². The molecule has 0 aliphatic carbocycles. The number of nitrogens with zero attached hydrogens (tertiary/aromatic N) is 3. The van der Waals surface area contributed by atoms with Crippen molar-refractivity contribution in [3.8, 4) is 0 Å². The van der Waals surface area contributed by atoms with Gasteiger partial charge in [-0.1, -0.05) is 0 Å². The Bertz CT molecular complexity index is 495. The number of anilines is 1. The third-order valence-corrected chi connectivity index (χ3v) is 3.10. The molecule has 7 heteroatoms. The molecular formula is C11H14N4O2S. The van der Waals surface area contributed by atoms with Gasteiger partial charge in [0.2, 0.25) is 0 Å². The van der Waals surface area contributed by atoms with E-state index >= 15 is 0 Å². The molecule has 2 aromatic rings. The number of aryl methyl sites for hydroxylation is 1. The molecule has 0 aliphatic heterocycles.